The van der Waals surface area contributed by atoms with Crippen molar-refractivity contribution in [3.05, 3.63) is 48.0 Å². The Morgan fingerprint density at radius 3 is 2.59 bits per heavy atom. The predicted molar refractivity (Wildman–Crippen MR) is 121 cm³/mol. The van der Waals surface area contributed by atoms with Crippen molar-refractivity contribution in [1.82, 2.24) is 25.8 Å². The van der Waals surface area contributed by atoms with Gasteiger partial charge in [-0.15, -0.1) is 0 Å². The van der Waals surface area contributed by atoms with E-state index in [0.717, 1.165) is 24.0 Å². The molecule has 2 heterocycles. The van der Waals surface area contributed by atoms with E-state index in [1.807, 2.05) is 45.0 Å². The zero-order valence-corrected chi connectivity index (χ0v) is 18.6. The molecule has 2 aromatic heterocycles. The molecule has 4 rings (SSSR count). The quantitative estimate of drug-likeness (QED) is 0.467. The minimum atomic E-state index is -0.267. The molecule has 1 saturated carbocycles. The van der Waals surface area contributed by atoms with Crippen LogP contribution in [0, 0.1) is 5.92 Å². The summed E-state index contributed by atoms with van der Waals surface area (Å²) >= 11 is 0. The zero-order chi connectivity index (χ0) is 22.7. The highest BCUT2D eigenvalue weighted by molar-refractivity contribution is 5.93. The summed E-state index contributed by atoms with van der Waals surface area (Å²) < 4.78 is 5.71. The van der Waals surface area contributed by atoms with Gasteiger partial charge in [-0.05, 0) is 56.7 Å². The third-order valence-electron chi connectivity index (χ3n) is 5.97. The lowest BCUT2D eigenvalue weighted by molar-refractivity contribution is 0.0905. The van der Waals surface area contributed by atoms with E-state index in [1.165, 1.54) is 19.0 Å². The fraction of sp³-hybridized carbons (Fsp3) is 0.417. The van der Waals surface area contributed by atoms with E-state index >= 15 is 0 Å². The van der Waals surface area contributed by atoms with Crippen LogP contribution in [-0.2, 0) is 0 Å². The molecular weight excluding hydrogens is 406 g/mol. The van der Waals surface area contributed by atoms with Crippen LogP contribution in [0.15, 0.2) is 40.9 Å². The van der Waals surface area contributed by atoms with Crippen molar-refractivity contribution in [3.63, 3.8) is 0 Å². The molecule has 0 bridgehead atoms. The van der Waals surface area contributed by atoms with Gasteiger partial charge in [-0.25, -0.2) is 4.98 Å². The first kappa shape index (κ1) is 21.8. The van der Waals surface area contributed by atoms with Gasteiger partial charge < -0.3 is 15.1 Å². The molecular formula is C24H29N5O3. The van der Waals surface area contributed by atoms with Crippen LogP contribution in [-0.4, -0.2) is 39.1 Å². The molecule has 168 valence electrons. The lowest BCUT2D eigenvalue weighted by atomic mass is 10.1. The maximum absolute atomic E-state index is 12.5. The number of aromatic nitrogens is 3. The number of amides is 2. The molecule has 32 heavy (non-hydrogen) atoms. The third kappa shape index (κ3) is 4.90. The summed E-state index contributed by atoms with van der Waals surface area (Å²) in [6.07, 6.45) is 5.50. The highest BCUT2D eigenvalue weighted by Gasteiger charge is 2.29. The smallest absolute Gasteiger partial charge is 0.288 e. The minimum Gasteiger partial charge on any atom is -0.431 e. The topological polar surface area (TPSA) is 113 Å². The second kappa shape index (κ2) is 9.38. The average molecular weight is 436 g/mol. The van der Waals surface area contributed by atoms with Gasteiger partial charge in [0.05, 0.1) is 11.9 Å². The molecule has 3 aromatic rings. The summed E-state index contributed by atoms with van der Waals surface area (Å²) in [6.45, 7) is 6.10. The summed E-state index contributed by atoms with van der Waals surface area (Å²) in [5, 5.41) is 13.1. The monoisotopic (exact) mass is 435 g/mol. The molecule has 1 fully saturated rings. The molecule has 1 aliphatic rings. The number of carbonyl (C=O) groups excluding carboxylic acids is 2. The minimum absolute atomic E-state index is 0.109. The standard InChI is InChI=1S/C24H29N5O3/c1-4-18(5-2)27-23(31)21-13-25-24(32-21)17-8-6-7-16(11-17)19-12-20(29-28-19)22(30)26-14(3)15-9-10-15/h6-8,11-15,18H,4-5,9-10H2,1-3H3,(H,26,30)(H,27,31)(H,28,29)/t14-/m1/s1. The lowest BCUT2D eigenvalue weighted by Crippen LogP contribution is -2.34. The first-order valence-electron chi connectivity index (χ1n) is 11.2. The molecule has 0 radical (unpaired) electrons. The summed E-state index contributed by atoms with van der Waals surface area (Å²) in [4.78, 5) is 29.1. The van der Waals surface area contributed by atoms with Crippen molar-refractivity contribution in [3.8, 4) is 22.7 Å². The van der Waals surface area contributed by atoms with E-state index in [0.29, 0.717) is 23.2 Å². The Labute approximate surface area is 187 Å². The van der Waals surface area contributed by atoms with Gasteiger partial charge >= 0.3 is 0 Å². The van der Waals surface area contributed by atoms with Gasteiger partial charge in [0.1, 0.15) is 5.69 Å². The molecule has 1 atom stereocenters. The van der Waals surface area contributed by atoms with Crippen LogP contribution in [0.5, 0.6) is 0 Å². The molecule has 0 unspecified atom stereocenters. The van der Waals surface area contributed by atoms with Gasteiger partial charge in [-0.2, -0.15) is 5.10 Å². The summed E-state index contributed by atoms with van der Waals surface area (Å²) in [6, 6.07) is 9.50. The van der Waals surface area contributed by atoms with E-state index in [9.17, 15) is 9.59 Å². The summed E-state index contributed by atoms with van der Waals surface area (Å²) in [5.74, 6) is 0.701. The van der Waals surface area contributed by atoms with Crippen molar-refractivity contribution < 1.29 is 14.0 Å². The number of rotatable bonds is 9. The molecule has 0 spiro atoms. The van der Waals surface area contributed by atoms with Gasteiger partial charge in [0.15, 0.2) is 0 Å². The Balaban J connectivity index is 1.47. The number of hydrogen-bond acceptors (Lipinski definition) is 5. The molecule has 8 heteroatoms. The maximum atomic E-state index is 12.5. The van der Waals surface area contributed by atoms with E-state index in [1.54, 1.807) is 6.07 Å². The fourth-order valence-electron chi connectivity index (χ4n) is 3.66. The average Bonchev–Trinajstić information content (AvgIpc) is 3.33. The third-order valence-corrected chi connectivity index (χ3v) is 5.97. The second-order valence-corrected chi connectivity index (χ2v) is 8.36. The predicted octanol–water partition coefficient (Wildman–Crippen LogP) is 4.18. The van der Waals surface area contributed by atoms with E-state index in [4.69, 9.17) is 4.42 Å². The highest BCUT2D eigenvalue weighted by atomic mass is 16.4. The number of hydrogen-bond donors (Lipinski definition) is 3. The van der Waals surface area contributed by atoms with Crippen LogP contribution >= 0.6 is 0 Å². The SMILES string of the molecule is CCC(CC)NC(=O)c1cnc(-c2cccc(-c3cc(C(=O)N[C@H](C)C4CC4)[nH]n3)c2)o1. The van der Waals surface area contributed by atoms with Gasteiger partial charge in [-0.1, -0.05) is 26.0 Å². The number of nitrogens with zero attached hydrogens (tertiary/aromatic N) is 2. The van der Waals surface area contributed by atoms with Crippen LogP contribution < -0.4 is 10.6 Å². The van der Waals surface area contributed by atoms with Gasteiger partial charge in [0.25, 0.3) is 11.8 Å². The van der Waals surface area contributed by atoms with Crippen molar-refractivity contribution in [2.45, 2.75) is 58.5 Å². The van der Waals surface area contributed by atoms with Crippen molar-refractivity contribution in [2.24, 2.45) is 5.92 Å². The van der Waals surface area contributed by atoms with Gasteiger partial charge in [-0.3, -0.25) is 14.7 Å². The Morgan fingerprint density at radius 2 is 1.88 bits per heavy atom. The number of oxazole rings is 1. The van der Waals surface area contributed by atoms with E-state index in [-0.39, 0.29) is 29.7 Å². The Morgan fingerprint density at radius 1 is 1.12 bits per heavy atom. The number of benzene rings is 1. The highest BCUT2D eigenvalue weighted by Crippen LogP contribution is 2.32. The normalized spacial score (nSPS) is 14.4. The number of carbonyl (C=O) groups is 2. The Hall–Kier alpha value is -3.42. The molecule has 1 aliphatic carbocycles. The summed E-state index contributed by atoms with van der Waals surface area (Å²) in [7, 11) is 0. The van der Waals surface area contributed by atoms with Crippen molar-refractivity contribution in [1.29, 1.82) is 0 Å². The second-order valence-electron chi connectivity index (χ2n) is 8.36. The number of H-pyrrole nitrogens is 1. The lowest BCUT2D eigenvalue weighted by Gasteiger charge is -2.12. The van der Waals surface area contributed by atoms with Crippen LogP contribution in [0.25, 0.3) is 22.7 Å². The molecule has 0 saturated heterocycles. The first-order chi connectivity index (χ1) is 15.5. The Kier molecular flexibility index (Phi) is 6.39. The maximum Gasteiger partial charge on any atom is 0.288 e. The molecule has 2 amide bonds. The van der Waals surface area contributed by atoms with Crippen molar-refractivity contribution >= 4 is 11.8 Å². The van der Waals surface area contributed by atoms with Gasteiger partial charge in [0, 0.05) is 23.2 Å². The largest absolute Gasteiger partial charge is 0.431 e. The Bertz CT molecular complexity index is 1030. The van der Waals surface area contributed by atoms with E-state index < -0.39 is 0 Å². The fourth-order valence-corrected chi connectivity index (χ4v) is 3.66. The van der Waals surface area contributed by atoms with Crippen molar-refractivity contribution in [2.75, 3.05) is 0 Å². The van der Waals surface area contributed by atoms with Crippen LogP contribution in [0.1, 0.15) is 67.5 Å². The van der Waals surface area contributed by atoms with Crippen LogP contribution in [0.2, 0.25) is 0 Å². The van der Waals surface area contributed by atoms with Crippen LogP contribution in [0.4, 0.5) is 0 Å². The molecule has 0 aliphatic heterocycles. The van der Waals surface area contributed by atoms with Crippen LogP contribution in [0.3, 0.4) is 0 Å². The number of aromatic amines is 1. The first-order valence-corrected chi connectivity index (χ1v) is 11.2. The number of nitrogens with one attached hydrogen (secondary N) is 3. The summed E-state index contributed by atoms with van der Waals surface area (Å²) in [5.41, 5.74) is 2.61. The molecule has 1 aromatic carbocycles. The zero-order valence-electron chi connectivity index (χ0n) is 18.6. The molecule has 3 N–H and O–H groups in total. The molecule has 8 nitrogen and oxygen atoms in total. The van der Waals surface area contributed by atoms with E-state index in [2.05, 4.69) is 25.8 Å². The van der Waals surface area contributed by atoms with Gasteiger partial charge in [0.2, 0.25) is 11.7 Å².